The largest absolute Gasteiger partial charge is 0.367 e. The fourth-order valence-electron chi connectivity index (χ4n) is 3.36. The second-order valence-corrected chi connectivity index (χ2v) is 6.53. The number of nitrogens with zero attached hydrogens (tertiary/aromatic N) is 4. The number of Topliss-reactive ketones (excluding diaryl/α,β-unsaturated/α-hetero) is 1. The number of hydrogen-bond donors (Lipinski definition) is 1. The molecule has 4 rings (SSSR count). The molecule has 1 saturated carbocycles. The number of fused-ring (bicyclic) bond motifs is 1. The van der Waals surface area contributed by atoms with E-state index in [0.29, 0.717) is 17.4 Å². The number of carbonyl (C=O) groups is 1. The van der Waals surface area contributed by atoms with Crippen molar-refractivity contribution in [2.75, 3.05) is 5.32 Å². The molecule has 6 heteroatoms. The lowest BCUT2D eigenvalue weighted by molar-refractivity contribution is 0.0990. The molecule has 0 unspecified atom stereocenters. The van der Waals surface area contributed by atoms with Crippen LogP contribution in [0.2, 0.25) is 0 Å². The van der Waals surface area contributed by atoms with Gasteiger partial charge in [-0.05, 0) is 37.1 Å². The van der Waals surface area contributed by atoms with Crippen LogP contribution >= 0.6 is 0 Å². The van der Waals surface area contributed by atoms with Crippen molar-refractivity contribution in [3.05, 3.63) is 54.1 Å². The molecule has 1 aliphatic rings. The standard InChI is InChI=1S/C19H21N5O/c25-16(14-6-5-11-20-13-14)12-17-22-19-10-4-9-18(24(19)23-17)21-15-7-2-1-3-8-15/h4-6,9-11,13,15,21H,1-3,7-8,12H2. The van der Waals surface area contributed by atoms with Crippen LogP contribution in [0.4, 0.5) is 5.82 Å². The Balaban J connectivity index is 1.55. The van der Waals surface area contributed by atoms with E-state index in [2.05, 4.69) is 20.4 Å². The van der Waals surface area contributed by atoms with E-state index in [1.165, 1.54) is 32.1 Å². The molecular weight excluding hydrogens is 314 g/mol. The van der Waals surface area contributed by atoms with Gasteiger partial charge < -0.3 is 5.32 Å². The van der Waals surface area contributed by atoms with Gasteiger partial charge in [0.15, 0.2) is 17.3 Å². The predicted molar refractivity (Wildman–Crippen MR) is 95.8 cm³/mol. The Hall–Kier alpha value is -2.76. The van der Waals surface area contributed by atoms with Crippen LogP contribution in [0, 0.1) is 0 Å². The smallest absolute Gasteiger partial charge is 0.172 e. The number of ketones is 1. The van der Waals surface area contributed by atoms with Crippen molar-refractivity contribution in [1.82, 2.24) is 19.6 Å². The van der Waals surface area contributed by atoms with E-state index in [0.717, 1.165) is 11.5 Å². The Bertz CT molecular complexity index is 868. The zero-order valence-electron chi connectivity index (χ0n) is 14.1. The molecule has 25 heavy (non-hydrogen) atoms. The molecule has 0 spiro atoms. The Morgan fingerprint density at radius 2 is 2.04 bits per heavy atom. The van der Waals surface area contributed by atoms with Gasteiger partial charge in [0.2, 0.25) is 0 Å². The van der Waals surface area contributed by atoms with Gasteiger partial charge in [-0.2, -0.15) is 4.52 Å². The summed E-state index contributed by atoms with van der Waals surface area (Å²) >= 11 is 0. The van der Waals surface area contributed by atoms with Crippen molar-refractivity contribution in [2.24, 2.45) is 0 Å². The molecule has 3 aromatic heterocycles. The van der Waals surface area contributed by atoms with Gasteiger partial charge in [-0.15, -0.1) is 5.10 Å². The van der Waals surface area contributed by atoms with Gasteiger partial charge in [-0.25, -0.2) is 4.98 Å². The summed E-state index contributed by atoms with van der Waals surface area (Å²) in [5.41, 5.74) is 1.34. The van der Waals surface area contributed by atoms with Crippen molar-refractivity contribution >= 4 is 17.2 Å². The molecule has 128 valence electrons. The minimum atomic E-state index is -0.0224. The van der Waals surface area contributed by atoms with Gasteiger partial charge in [0.05, 0.1) is 6.42 Å². The molecule has 6 nitrogen and oxygen atoms in total. The summed E-state index contributed by atoms with van der Waals surface area (Å²) in [7, 11) is 0. The molecule has 1 fully saturated rings. The van der Waals surface area contributed by atoms with Crippen LogP contribution in [0.1, 0.15) is 48.3 Å². The second kappa shape index (κ2) is 7.01. The summed E-state index contributed by atoms with van der Waals surface area (Å²) < 4.78 is 1.81. The van der Waals surface area contributed by atoms with Crippen molar-refractivity contribution in [3.8, 4) is 0 Å². The molecule has 0 radical (unpaired) electrons. The zero-order chi connectivity index (χ0) is 17.1. The molecule has 0 aromatic carbocycles. The second-order valence-electron chi connectivity index (χ2n) is 6.53. The lowest BCUT2D eigenvalue weighted by Gasteiger charge is -2.23. The number of anilines is 1. The van der Waals surface area contributed by atoms with E-state index in [1.807, 2.05) is 18.2 Å². The topological polar surface area (TPSA) is 72.2 Å². The zero-order valence-corrected chi connectivity index (χ0v) is 14.1. The minimum Gasteiger partial charge on any atom is -0.367 e. The van der Waals surface area contributed by atoms with Crippen molar-refractivity contribution in [1.29, 1.82) is 0 Å². The summed E-state index contributed by atoms with van der Waals surface area (Å²) in [4.78, 5) is 20.8. The quantitative estimate of drug-likeness (QED) is 0.724. The predicted octanol–water partition coefficient (Wildman–Crippen LogP) is 3.29. The summed E-state index contributed by atoms with van der Waals surface area (Å²) in [6, 6.07) is 9.92. The first-order valence-corrected chi connectivity index (χ1v) is 8.84. The monoisotopic (exact) mass is 335 g/mol. The van der Waals surface area contributed by atoms with Crippen molar-refractivity contribution in [3.63, 3.8) is 0 Å². The number of nitrogens with one attached hydrogen (secondary N) is 1. The summed E-state index contributed by atoms with van der Waals surface area (Å²) in [5.74, 6) is 1.45. The number of rotatable bonds is 5. The van der Waals surface area contributed by atoms with Crippen molar-refractivity contribution in [2.45, 2.75) is 44.6 Å². The Kier molecular flexibility index (Phi) is 4.41. The molecule has 0 bridgehead atoms. The molecule has 0 atom stereocenters. The first-order valence-electron chi connectivity index (χ1n) is 8.84. The van der Waals surface area contributed by atoms with E-state index in [-0.39, 0.29) is 12.2 Å². The third-order valence-corrected chi connectivity index (χ3v) is 4.66. The molecule has 3 aromatic rings. The molecule has 1 N–H and O–H groups in total. The molecule has 0 saturated heterocycles. The highest BCUT2D eigenvalue weighted by Crippen LogP contribution is 2.22. The van der Waals surface area contributed by atoms with Crippen LogP contribution in [0.25, 0.3) is 5.65 Å². The van der Waals surface area contributed by atoms with Gasteiger partial charge in [0.25, 0.3) is 0 Å². The van der Waals surface area contributed by atoms with Gasteiger partial charge in [0.1, 0.15) is 5.82 Å². The van der Waals surface area contributed by atoms with Gasteiger partial charge >= 0.3 is 0 Å². The van der Waals surface area contributed by atoms with Crippen LogP contribution in [-0.2, 0) is 6.42 Å². The van der Waals surface area contributed by atoms with Crippen LogP contribution in [-0.4, -0.2) is 31.4 Å². The fraction of sp³-hybridized carbons (Fsp3) is 0.368. The third kappa shape index (κ3) is 3.52. The SMILES string of the molecule is O=C(Cc1nc2cccc(NC3CCCCC3)n2n1)c1cccnc1. The number of aromatic nitrogens is 4. The number of carbonyl (C=O) groups excluding carboxylic acids is 1. The van der Waals surface area contributed by atoms with E-state index in [4.69, 9.17) is 0 Å². The molecule has 1 aliphatic carbocycles. The average Bonchev–Trinajstić information content (AvgIpc) is 3.07. The number of hydrogen-bond acceptors (Lipinski definition) is 5. The van der Waals surface area contributed by atoms with Crippen LogP contribution in [0.15, 0.2) is 42.7 Å². The molecule has 0 amide bonds. The first kappa shape index (κ1) is 15.7. The third-order valence-electron chi connectivity index (χ3n) is 4.66. The maximum Gasteiger partial charge on any atom is 0.172 e. The normalized spacial score (nSPS) is 15.4. The van der Waals surface area contributed by atoms with E-state index >= 15 is 0 Å². The summed E-state index contributed by atoms with van der Waals surface area (Å²) in [6.45, 7) is 0. The highest BCUT2D eigenvalue weighted by atomic mass is 16.1. The lowest BCUT2D eigenvalue weighted by Crippen LogP contribution is -2.23. The summed E-state index contributed by atoms with van der Waals surface area (Å²) in [6.07, 6.45) is 9.67. The minimum absolute atomic E-state index is 0.0224. The Labute approximate surface area is 146 Å². The van der Waals surface area contributed by atoms with E-state index < -0.39 is 0 Å². The molecular formula is C19H21N5O. The summed E-state index contributed by atoms with van der Waals surface area (Å²) in [5, 5.41) is 8.13. The number of pyridine rings is 2. The lowest BCUT2D eigenvalue weighted by atomic mass is 9.95. The Morgan fingerprint density at radius 3 is 2.84 bits per heavy atom. The van der Waals surface area contributed by atoms with Crippen LogP contribution in [0.3, 0.4) is 0 Å². The van der Waals surface area contributed by atoms with Crippen LogP contribution < -0.4 is 5.32 Å². The van der Waals surface area contributed by atoms with Gasteiger partial charge in [-0.3, -0.25) is 9.78 Å². The highest BCUT2D eigenvalue weighted by Gasteiger charge is 2.16. The van der Waals surface area contributed by atoms with Gasteiger partial charge in [-0.1, -0.05) is 25.3 Å². The first-order chi connectivity index (χ1) is 12.3. The Morgan fingerprint density at radius 1 is 1.16 bits per heavy atom. The van der Waals surface area contributed by atoms with E-state index in [9.17, 15) is 4.79 Å². The molecule has 0 aliphatic heterocycles. The van der Waals surface area contributed by atoms with Gasteiger partial charge in [0, 0.05) is 24.0 Å². The van der Waals surface area contributed by atoms with E-state index in [1.54, 1.807) is 29.0 Å². The maximum atomic E-state index is 12.3. The fourth-order valence-corrected chi connectivity index (χ4v) is 3.36. The molecule has 3 heterocycles. The average molecular weight is 335 g/mol. The maximum absolute atomic E-state index is 12.3. The highest BCUT2D eigenvalue weighted by molar-refractivity contribution is 5.96. The van der Waals surface area contributed by atoms with Crippen molar-refractivity contribution < 1.29 is 4.79 Å². The van der Waals surface area contributed by atoms with Crippen LogP contribution in [0.5, 0.6) is 0 Å².